The molecule has 0 saturated heterocycles. The second-order valence-corrected chi connectivity index (χ2v) is 2.55. The first-order valence-corrected chi connectivity index (χ1v) is 3.37. The molecule has 0 aliphatic heterocycles. The summed E-state index contributed by atoms with van der Waals surface area (Å²) in [6.45, 7) is 6.07. The van der Waals surface area contributed by atoms with Crippen molar-refractivity contribution in [1.29, 1.82) is 0 Å². The van der Waals surface area contributed by atoms with Gasteiger partial charge in [-0.3, -0.25) is 0 Å². The zero-order valence-corrected chi connectivity index (χ0v) is 6.67. The Hall–Kier alpha value is -0.700. The number of rotatable bonds is 4. The number of hydrogen-bond donors (Lipinski definition) is 2. The molecule has 60 valence electrons. The van der Waals surface area contributed by atoms with Crippen molar-refractivity contribution >= 4 is 0 Å². The van der Waals surface area contributed by atoms with Crippen LogP contribution in [0.2, 0.25) is 0 Å². The van der Waals surface area contributed by atoms with Crippen LogP contribution in [0, 0.1) is 0 Å². The van der Waals surface area contributed by atoms with Gasteiger partial charge in [-0.25, -0.2) is 0 Å². The van der Waals surface area contributed by atoms with Gasteiger partial charge in [0.05, 0.1) is 11.9 Å². The molecule has 0 aliphatic carbocycles. The van der Waals surface area contributed by atoms with Crippen molar-refractivity contribution < 1.29 is 5.11 Å². The Morgan fingerprint density at radius 3 is 2.60 bits per heavy atom. The highest BCUT2D eigenvalue weighted by Gasteiger charge is 1.99. The summed E-state index contributed by atoms with van der Waals surface area (Å²) in [4.78, 5) is 1.81. The average molecular weight is 144 g/mol. The van der Waals surface area contributed by atoms with Gasteiger partial charge in [0.25, 0.3) is 0 Å². The molecule has 0 aromatic heterocycles. The molecule has 3 N–H and O–H groups in total. The lowest BCUT2D eigenvalue weighted by atomic mass is 10.3. The van der Waals surface area contributed by atoms with Gasteiger partial charge < -0.3 is 15.7 Å². The minimum Gasteiger partial charge on any atom is -0.393 e. The molecule has 1 atom stereocenters. The number of hydrogen-bond acceptors (Lipinski definition) is 3. The lowest BCUT2D eigenvalue weighted by Crippen LogP contribution is -2.25. The minimum absolute atomic E-state index is 0.262. The number of aliphatic hydroxyl groups is 1. The van der Waals surface area contributed by atoms with Crippen molar-refractivity contribution in [2.24, 2.45) is 5.73 Å². The van der Waals surface area contributed by atoms with Crippen molar-refractivity contribution in [3.63, 3.8) is 0 Å². The molecule has 1 unspecified atom stereocenters. The molecule has 10 heavy (non-hydrogen) atoms. The van der Waals surface area contributed by atoms with Crippen LogP contribution in [0.1, 0.15) is 13.3 Å². The van der Waals surface area contributed by atoms with Crippen LogP contribution in [-0.2, 0) is 0 Å². The molecule has 0 spiro atoms. The Balaban J connectivity index is 3.40. The van der Waals surface area contributed by atoms with Crippen molar-refractivity contribution in [1.82, 2.24) is 4.90 Å². The molecular formula is C7H16N2O. The van der Waals surface area contributed by atoms with E-state index in [1.165, 1.54) is 0 Å². The van der Waals surface area contributed by atoms with Crippen LogP contribution >= 0.6 is 0 Å². The third-order valence-electron chi connectivity index (χ3n) is 1.37. The lowest BCUT2D eigenvalue weighted by molar-refractivity contribution is 0.171. The summed E-state index contributed by atoms with van der Waals surface area (Å²) in [5.41, 5.74) is 5.37. The summed E-state index contributed by atoms with van der Waals surface area (Å²) in [6, 6.07) is 0. The molecule has 0 fully saturated rings. The molecule has 0 radical (unpaired) electrons. The van der Waals surface area contributed by atoms with Crippen molar-refractivity contribution in [2.45, 2.75) is 19.4 Å². The molecule has 0 aliphatic rings. The predicted octanol–water partition coefficient (Wildman–Crippen LogP) is 0.119. The SMILES string of the molecule is C=C(N)N(C)CCC(C)O. The molecule has 0 aromatic rings. The van der Waals surface area contributed by atoms with E-state index in [-0.39, 0.29) is 6.10 Å². The van der Waals surface area contributed by atoms with E-state index in [1.54, 1.807) is 6.92 Å². The van der Waals surface area contributed by atoms with Crippen LogP contribution in [-0.4, -0.2) is 29.7 Å². The van der Waals surface area contributed by atoms with E-state index in [0.29, 0.717) is 5.82 Å². The predicted molar refractivity (Wildman–Crippen MR) is 42.3 cm³/mol. The summed E-state index contributed by atoms with van der Waals surface area (Å²) < 4.78 is 0. The molecule has 0 saturated carbocycles. The van der Waals surface area contributed by atoms with E-state index < -0.39 is 0 Å². The van der Waals surface area contributed by atoms with E-state index in [2.05, 4.69) is 6.58 Å². The van der Waals surface area contributed by atoms with E-state index in [1.807, 2.05) is 11.9 Å². The van der Waals surface area contributed by atoms with Gasteiger partial charge in [-0.05, 0) is 13.3 Å². The first-order valence-electron chi connectivity index (χ1n) is 3.37. The molecule has 0 rings (SSSR count). The zero-order chi connectivity index (χ0) is 8.15. The maximum atomic E-state index is 8.89. The number of nitrogens with zero attached hydrogens (tertiary/aromatic N) is 1. The second-order valence-electron chi connectivity index (χ2n) is 2.55. The van der Waals surface area contributed by atoms with Gasteiger partial charge in [0.1, 0.15) is 0 Å². The Kier molecular flexibility index (Phi) is 3.88. The highest BCUT2D eigenvalue weighted by molar-refractivity contribution is 4.83. The van der Waals surface area contributed by atoms with E-state index in [9.17, 15) is 0 Å². The summed E-state index contributed by atoms with van der Waals surface area (Å²) in [5.74, 6) is 0.542. The second kappa shape index (κ2) is 4.17. The van der Waals surface area contributed by atoms with Gasteiger partial charge in [0.2, 0.25) is 0 Å². The topological polar surface area (TPSA) is 49.5 Å². The van der Waals surface area contributed by atoms with Gasteiger partial charge in [-0.1, -0.05) is 6.58 Å². The number of nitrogens with two attached hydrogens (primary N) is 1. The maximum absolute atomic E-state index is 8.89. The third-order valence-corrected chi connectivity index (χ3v) is 1.37. The van der Waals surface area contributed by atoms with E-state index in [4.69, 9.17) is 10.8 Å². The highest BCUT2D eigenvalue weighted by Crippen LogP contribution is 1.95. The molecule has 0 aromatic carbocycles. The van der Waals surface area contributed by atoms with Gasteiger partial charge >= 0.3 is 0 Å². The Morgan fingerprint density at radius 1 is 1.80 bits per heavy atom. The van der Waals surface area contributed by atoms with Crippen molar-refractivity contribution in [3.05, 3.63) is 12.4 Å². The third kappa shape index (κ3) is 4.21. The fraction of sp³-hybridized carbons (Fsp3) is 0.714. The fourth-order valence-corrected chi connectivity index (χ4v) is 0.524. The first kappa shape index (κ1) is 9.30. The summed E-state index contributed by atoms with van der Waals surface area (Å²) in [7, 11) is 1.85. The average Bonchev–Trinajstić information content (AvgIpc) is 1.82. The quantitative estimate of drug-likeness (QED) is 0.589. The molecule has 0 bridgehead atoms. The van der Waals surface area contributed by atoms with Gasteiger partial charge in [0.15, 0.2) is 0 Å². The van der Waals surface area contributed by atoms with Crippen LogP contribution in [0.5, 0.6) is 0 Å². The fourth-order valence-electron chi connectivity index (χ4n) is 0.524. The van der Waals surface area contributed by atoms with Crippen LogP contribution in [0.4, 0.5) is 0 Å². The van der Waals surface area contributed by atoms with Gasteiger partial charge in [-0.2, -0.15) is 0 Å². The molecular weight excluding hydrogens is 128 g/mol. The van der Waals surface area contributed by atoms with Gasteiger partial charge in [0, 0.05) is 13.6 Å². The normalized spacial score (nSPS) is 12.7. The zero-order valence-electron chi connectivity index (χ0n) is 6.67. The maximum Gasteiger partial charge on any atom is 0.0909 e. The van der Waals surface area contributed by atoms with Gasteiger partial charge in [-0.15, -0.1) is 0 Å². The van der Waals surface area contributed by atoms with E-state index >= 15 is 0 Å². The number of aliphatic hydroxyl groups excluding tert-OH is 1. The molecule has 3 heteroatoms. The smallest absolute Gasteiger partial charge is 0.0909 e. The lowest BCUT2D eigenvalue weighted by Gasteiger charge is -2.18. The van der Waals surface area contributed by atoms with Crippen LogP contribution in [0.25, 0.3) is 0 Å². The van der Waals surface area contributed by atoms with Crippen LogP contribution in [0.15, 0.2) is 12.4 Å². The Labute approximate surface area is 62.1 Å². The van der Waals surface area contributed by atoms with Crippen molar-refractivity contribution in [3.8, 4) is 0 Å². The Morgan fingerprint density at radius 2 is 2.30 bits per heavy atom. The van der Waals surface area contributed by atoms with Crippen molar-refractivity contribution in [2.75, 3.05) is 13.6 Å². The molecule has 0 amide bonds. The minimum atomic E-state index is -0.262. The highest BCUT2D eigenvalue weighted by atomic mass is 16.3. The molecule has 0 heterocycles. The van der Waals surface area contributed by atoms with Crippen LogP contribution in [0.3, 0.4) is 0 Å². The monoisotopic (exact) mass is 144 g/mol. The summed E-state index contributed by atoms with van der Waals surface area (Å²) >= 11 is 0. The Bertz CT molecular complexity index is 112. The first-order chi connectivity index (χ1) is 4.54. The molecule has 3 nitrogen and oxygen atoms in total. The standard InChI is InChI=1S/C7H16N2O/c1-6(10)4-5-9(3)7(2)8/h6,10H,2,4-5,8H2,1,3H3. The van der Waals surface area contributed by atoms with E-state index in [0.717, 1.165) is 13.0 Å². The summed E-state index contributed by atoms with van der Waals surface area (Å²) in [6.07, 6.45) is 0.467. The largest absolute Gasteiger partial charge is 0.393 e. The van der Waals surface area contributed by atoms with Crippen LogP contribution < -0.4 is 5.73 Å². The summed E-state index contributed by atoms with van der Waals surface area (Å²) in [5, 5.41) is 8.89.